The molecule has 0 heteroatoms. The second-order valence-electron chi connectivity index (χ2n) is 12.1. The summed E-state index contributed by atoms with van der Waals surface area (Å²) in [6, 6.07) is 0. The van der Waals surface area contributed by atoms with Crippen LogP contribution in [0.1, 0.15) is 230 Å². The lowest BCUT2D eigenvalue weighted by Gasteiger charge is -2.40. The van der Waals surface area contributed by atoms with Gasteiger partial charge in [-0.25, -0.2) is 0 Å². The normalized spacial score (nSPS) is 22.2. The van der Waals surface area contributed by atoms with Crippen LogP contribution < -0.4 is 0 Å². The van der Waals surface area contributed by atoms with Gasteiger partial charge in [0, 0.05) is 0 Å². The van der Waals surface area contributed by atoms with Crippen LogP contribution in [0.2, 0.25) is 0 Å². The lowest BCUT2D eigenvalue weighted by atomic mass is 9.65. The average Bonchev–Trinajstić information content (AvgIpc) is 2.93. The molecule has 2 fully saturated rings. The molecule has 2 saturated carbocycles. The average molecular weight is 577 g/mol. The van der Waals surface area contributed by atoms with Gasteiger partial charge in [-0.05, 0) is 47.3 Å². The summed E-state index contributed by atoms with van der Waals surface area (Å²) >= 11 is 0. The second kappa shape index (κ2) is 48.7. The minimum atomic E-state index is 0.609. The van der Waals surface area contributed by atoms with Crippen molar-refractivity contribution in [2.75, 3.05) is 0 Å². The molecule has 0 amide bonds. The van der Waals surface area contributed by atoms with E-state index in [1.54, 1.807) is 0 Å². The third-order valence-corrected chi connectivity index (χ3v) is 7.13. The van der Waals surface area contributed by atoms with E-state index >= 15 is 0 Å². The molecule has 0 nitrogen and oxygen atoms in total. The Balaban J connectivity index is -0.0000000527. The lowest BCUT2D eigenvalue weighted by Crippen LogP contribution is -2.31. The van der Waals surface area contributed by atoms with Crippen LogP contribution in [0.15, 0.2) is 0 Å². The number of rotatable bonds is 0. The zero-order valence-corrected chi connectivity index (χ0v) is 34.4. The number of hydrogen-bond donors (Lipinski definition) is 0. The third-order valence-electron chi connectivity index (χ3n) is 7.13. The van der Waals surface area contributed by atoms with Crippen LogP contribution in [0.5, 0.6) is 0 Å². The molecule has 0 aromatic carbocycles. The lowest BCUT2D eigenvalue weighted by molar-refractivity contribution is 0.0995. The largest absolute Gasteiger partial charge is 0.0683 e. The first-order chi connectivity index (χ1) is 18.7. The van der Waals surface area contributed by atoms with Gasteiger partial charge in [0.25, 0.3) is 0 Å². The molecule has 0 spiro atoms. The summed E-state index contributed by atoms with van der Waals surface area (Å²) in [4.78, 5) is 0. The van der Waals surface area contributed by atoms with E-state index in [4.69, 9.17) is 0 Å². The first kappa shape index (κ1) is 59.4. The molecular weight excluding hydrogens is 480 g/mol. The fourth-order valence-electron chi connectivity index (χ4n) is 4.26. The maximum atomic E-state index is 2.41. The van der Waals surface area contributed by atoms with Crippen LogP contribution in [-0.2, 0) is 0 Å². The molecule has 0 radical (unpaired) electrons. The van der Waals surface area contributed by atoms with Crippen molar-refractivity contribution in [3.8, 4) is 0 Å². The maximum absolute atomic E-state index is 2.41. The minimum absolute atomic E-state index is 0.609. The Labute approximate surface area is 264 Å². The molecule has 0 aromatic rings. The van der Waals surface area contributed by atoms with Crippen molar-refractivity contribution in [1.29, 1.82) is 0 Å². The summed E-state index contributed by atoms with van der Waals surface area (Å²) in [6.45, 7) is 52.2. The molecule has 0 aromatic heterocycles. The minimum Gasteiger partial charge on any atom is -0.0683 e. The zero-order chi connectivity index (χ0) is 34.4. The van der Waals surface area contributed by atoms with Gasteiger partial charge in [-0.15, -0.1) is 0 Å². The van der Waals surface area contributed by atoms with Gasteiger partial charge in [0.05, 0.1) is 0 Å². The molecule has 256 valence electrons. The fourth-order valence-corrected chi connectivity index (χ4v) is 4.26. The van der Waals surface area contributed by atoms with Crippen molar-refractivity contribution in [3.63, 3.8) is 0 Å². The SMILES string of the molecule is CC.CC.CC.CC.CC1CCCC(C)(C)C1C.CC1CCCC(C)(C)C1C.CCC.CCC.CCC.CCC. The van der Waals surface area contributed by atoms with Crippen molar-refractivity contribution in [2.24, 2.45) is 34.5 Å². The van der Waals surface area contributed by atoms with Crippen molar-refractivity contribution >= 4 is 0 Å². The second-order valence-corrected chi connectivity index (χ2v) is 12.1. The molecule has 0 aliphatic heterocycles. The van der Waals surface area contributed by atoms with E-state index in [1.165, 1.54) is 64.2 Å². The molecule has 40 heavy (non-hydrogen) atoms. The van der Waals surface area contributed by atoms with Gasteiger partial charge in [0.15, 0.2) is 0 Å². The van der Waals surface area contributed by atoms with Crippen LogP contribution >= 0.6 is 0 Å². The summed E-state index contributed by atoms with van der Waals surface area (Å²) in [7, 11) is 0. The Morgan fingerprint density at radius 2 is 0.550 bits per heavy atom. The Kier molecular flexibility index (Phi) is 72.4. The van der Waals surface area contributed by atoms with Crippen LogP contribution in [-0.4, -0.2) is 0 Å². The Bertz CT molecular complexity index is 300. The van der Waals surface area contributed by atoms with Gasteiger partial charge >= 0.3 is 0 Å². The molecule has 2 rings (SSSR count). The predicted octanol–water partition coefficient (Wildman–Crippen LogP) is 16.7. The smallest absolute Gasteiger partial charge is 0.0326 e. The highest BCUT2D eigenvalue weighted by Crippen LogP contribution is 2.44. The van der Waals surface area contributed by atoms with Gasteiger partial charge in [-0.3, -0.25) is 0 Å². The molecule has 0 heterocycles. The molecule has 4 atom stereocenters. The Morgan fingerprint density at radius 3 is 0.650 bits per heavy atom. The van der Waals surface area contributed by atoms with Crippen LogP contribution in [0.4, 0.5) is 0 Å². The van der Waals surface area contributed by atoms with E-state index in [0.717, 1.165) is 23.7 Å². The van der Waals surface area contributed by atoms with Crippen molar-refractivity contribution in [2.45, 2.75) is 230 Å². The quantitative estimate of drug-likeness (QED) is 0.269. The van der Waals surface area contributed by atoms with E-state index in [1.807, 2.05) is 55.4 Å². The molecule has 2 aliphatic carbocycles. The van der Waals surface area contributed by atoms with Crippen LogP contribution in [0, 0.1) is 34.5 Å². The number of hydrogen-bond acceptors (Lipinski definition) is 0. The summed E-state index contributed by atoms with van der Waals surface area (Å²) in [5, 5.41) is 0. The zero-order valence-electron chi connectivity index (χ0n) is 34.4. The summed E-state index contributed by atoms with van der Waals surface area (Å²) < 4.78 is 0. The highest BCUT2D eigenvalue weighted by atomic mass is 14.4. The summed E-state index contributed by atoms with van der Waals surface area (Å²) in [5.41, 5.74) is 1.22. The van der Waals surface area contributed by atoms with Crippen LogP contribution in [0.3, 0.4) is 0 Å². The molecule has 2 aliphatic rings. The Hall–Kier alpha value is 0. The first-order valence-corrected chi connectivity index (χ1v) is 18.7. The van der Waals surface area contributed by atoms with E-state index in [9.17, 15) is 0 Å². The monoisotopic (exact) mass is 577 g/mol. The van der Waals surface area contributed by atoms with Gasteiger partial charge in [0.1, 0.15) is 0 Å². The molecule has 0 N–H and O–H groups in total. The van der Waals surface area contributed by atoms with Crippen molar-refractivity contribution in [1.82, 2.24) is 0 Å². The van der Waals surface area contributed by atoms with Gasteiger partial charge in [-0.2, -0.15) is 0 Å². The topological polar surface area (TPSA) is 0 Å². The summed E-state index contributed by atoms with van der Waals surface area (Å²) in [6.07, 6.45) is 13.6. The molecule has 0 saturated heterocycles. The first-order valence-electron chi connectivity index (χ1n) is 18.7. The van der Waals surface area contributed by atoms with E-state index < -0.39 is 0 Å². The van der Waals surface area contributed by atoms with Crippen LogP contribution in [0.25, 0.3) is 0 Å². The van der Waals surface area contributed by atoms with Gasteiger partial charge in [0.2, 0.25) is 0 Å². The molecule has 0 bridgehead atoms. The maximum Gasteiger partial charge on any atom is -0.0326 e. The predicted molar refractivity (Wildman–Crippen MR) is 201 cm³/mol. The highest BCUT2D eigenvalue weighted by molar-refractivity contribution is 4.84. The van der Waals surface area contributed by atoms with E-state index in [0.29, 0.717) is 10.8 Å². The van der Waals surface area contributed by atoms with E-state index in [-0.39, 0.29) is 0 Å². The van der Waals surface area contributed by atoms with Crippen molar-refractivity contribution < 1.29 is 0 Å². The fraction of sp³-hybridized carbons (Fsp3) is 1.00. The highest BCUT2D eigenvalue weighted by Gasteiger charge is 2.33. The molecular formula is C40H96. The summed E-state index contributed by atoms with van der Waals surface area (Å²) in [5.74, 6) is 3.73. The Morgan fingerprint density at radius 1 is 0.400 bits per heavy atom. The third kappa shape index (κ3) is 45.0. The molecule has 4 unspecified atom stereocenters. The van der Waals surface area contributed by atoms with Gasteiger partial charge < -0.3 is 0 Å². The van der Waals surface area contributed by atoms with Gasteiger partial charge in [-0.1, -0.05) is 218 Å². The van der Waals surface area contributed by atoms with E-state index in [2.05, 4.69) is 111 Å². The van der Waals surface area contributed by atoms with Crippen molar-refractivity contribution in [3.05, 3.63) is 0 Å². The standard InChI is InChI=1S/2C10H20.4C3H8.4C2H6/c2*1-8-6-5-7-10(3,4)9(8)2;4*1-3-2;4*1-2/h2*8-9H,5-7H2,1-4H3;4*3H2,1-2H3;4*1-2H3.